The van der Waals surface area contributed by atoms with Crippen molar-refractivity contribution in [3.05, 3.63) is 97.6 Å². The summed E-state index contributed by atoms with van der Waals surface area (Å²) in [5.41, 5.74) is 4.03. The fourth-order valence-electron chi connectivity index (χ4n) is 4.45. The maximum atomic E-state index is 12.3. The van der Waals surface area contributed by atoms with Crippen LogP contribution in [0.3, 0.4) is 0 Å². The molecule has 0 unspecified atom stereocenters. The number of hydrogen-bond acceptors (Lipinski definition) is 6. The fraction of sp³-hybridized carbons (Fsp3) is 0.294. The minimum atomic E-state index is -0.157. The summed E-state index contributed by atoms with van der Waals surface area (Å²) in [7, 11) is 3.19. The summed E-state index contributed by atoms with van der Waals surface area (Å²) < 4.78 is 15.6. The Balaban J connectivity index is 1.29. The predicted molar refractivity (Wildman–Crippen MR) is 215 cm³/mol. The molecule has 0 heterocycles. The lowest BCUT2D eigenvalue weighted by Gasteiger charge is -2.11. The highest BCUT2D eigenvalue weighted by Gasteiger charge is 2.14. The van der Waals surface area contributed by atoms with Crippen LogP contribution in [-0.2, 0) is 22.7 Å². The Morgan fingerprint density at radius 2 is 1.04 bits per heavy atom. The van der Waals surface area contributed by atoms with Crippen molar-refractivity contribution in [1.29, 1.82) is 0 Å². The molecular weight excluding hydrogens is 1010 g/mol. The van der Waals surface area contributed by atoms with Crippen molar-refractivity contribution in [3.63, 3.8) is 0 Å². The molecule has 0 saturated heterocycles. The third kappa shape index (κ3) is 13.0. The van der Waals surface area contributed by atoms with Gasteiger partial charge in [0.05, 0.1) is 32.1 Å². The second-order valence-electron chi connectivity index (χ2n) is 10.3. The highest BCUT2D eigenvalue weighted by molar-refractivity contribution is 9.12. The summed E-state index contributed by atoms with van der Waals surface area (Å²) in [5, 5.41) is 12.7. The molecule has 0 bridgehead atoms. The van der Waals surface area contributed by atoms with Crippen LogP contribution in [0.15, 0.2) is 75.4 Å². The van der Waals surface area contributed by atoms with E-state index in [9.17, 15) is 9.59 Å². The van der Waals surface area contributed by atoms with Crippen LogP contribution in [0.4, 0.5) is 0 Å². The van der Waals surface area contributed by atoms with Crippen molar-refractivity contribution in [2.24, 2.45) is 0 Å². The summed E-state index contributed by atoms with van der Waals surface area (Å²) in [6.45, 7) is 4.18. The molecule has 0 aliphatic heterocycles. The van der Waals surface area contributed by atoms with Gasteiger partial charge in [-0.3, -0.25) is 9.59 Å². The minimum absolute atomic E-state index is 0.157. The third-order valence-electron chi connectivity index (χ3n) is 6.85. The van der Waals surface area contributed by atoms with Crippen molar-refractivity contribution in [2.75, 3.05) is 40.4 Å². The van der Waals surface area contributed by atoms with Gasteiger partial charge in [0, 0.05) is 58.4 Å². The highest BCUT2D eigenvalue weighted by atomic mass is 79.9. The summed E-state index contributed by atoms with van der Waals surface area (Å²) in [6.07, 6.45) is 8.14. The first kappa shape index (κ1) is 40.9. The molecule has 0 atom stereocenters. The maximum Gasteiger partial charge on any atom is 0.244 e. The van der Waals surface area contributed by atoms with E-state index in [1.807, 2.05) is 12.1 Å². The normalized spacial score (nSPS) is 11.3. The molecule has 2 amide bonds. The van der Waals surface area contributed by atoms with Gasteiger partial charge in [-0.1, -0.05) is 56.1 Å². The molecule has 0 aliphatic carbocycles. The molecule has 0 aromatic heterocycles. The number of ether oxygens (including phenoxy) is 2. The quantitative estimate of drug-likeness (QED) is 0.0751. The lowest BCUT2D eigenvalue weighted by molar-refractivity contribution is -0.117. The fourth-order valence-corrected chi connectivity index (χ4v) is 9.87. The van der Waals surface area contributed by atoms with E-state index >= 15 is 0 Å². The number of carbonyl (C=O) groups excluding carboxylic acids is 2. The largest absolute Gasteiger partial charge is 0.494 e. The van der Waals surface area contributed by atoms with Crippen LogP contribution < -0.4 is 30.7 Å². The molecule has 3 aromatic rings. The number of hydrogen-bond donors (Lipinski definition) is 4. The first-order valence-electron chi connectivity index (χ1n) is 14.9. The zero-order chi connectivity index (χ0) is 35.1. The number of carbonyl (C=O) groups is 2. The molecule has 3 aromatic carbocycles. The summed E-state index contributed by atoms with van der Waals surface area (Å²) in [4.78, 5) is 24.6. The number of halogens is 6. The Morgan fingerprint density at radius 3 is 1.44 bits per heavy atom. The maximum absolute atomic E-state index is 12.3. The number of amides is 2. The first-order chi connectivity index (χ1) is 23.0. The lowest BCUT2D eigenvalue weighted by Crippen LogP contribution is -2.26. The van der Waals surface area contributed by atoms with Gasteiger partial charge in [-0.2, -0.15) is 0 Å². The molecule has 4 N–H and O–H groups in total. The molecule has 258 valence electrons. The van der Waals surface area contributed by atoms with E-state index in [1.165, 1.54) is 23.3 Å². The zero-order valence-corrected chi connectivity index (χ0v) is 35.8. The van der Waals surface area contributed by atoms with Crippen molar-refractivity contribution in [1.82, 2.24) is 21.3 Å². The van der Waals surface area contributed by atoms with Crippen LogP contribution in [0.2, 0.25) is 0 Å². The van der Waals surface area contributed by atoms with Gasteiger partial charge >= 0.3 is 0 Å². The molecule has 0 fully saturated rings. The molecule has 8 nitrogen and oxygen atoms in total. The summed E-state index contributed by atoms with van der Waals surface area (Å²) in [6, 6.07) is 12.2. The van der Waals surface area contributed by atoms with Gasteiger partial charge in [0.1, 0.15) is 11.5 Å². The Bertz CT molecular complexity index is 1520. The van der Waals surface area contributed by atoms with E-state index < -0.39 is 0 Å². The Kier molecular flexibility index (Phi) is 18.4. The standard InChI is InChI=1S/C34H36Br6N4O4/c1-47-33-27(37)17-25(35)23(31(33)39)8-10-29(45)43-14-4-12-41-19-21-6-3-7-22(16-21)20-42-13-5-15-44-30(46)11-9-24-26(36)18-28(38)34(48-2)32(24)40/h3,6-11,16-18,41-42H,4-5,12-15,19-20H2,1-2H3,(H,43,45)(H,44,46)/b10-8+,11-9+. The van der Waals surface area contributed by atoms with Gasteiger partial charge in [0.25, 0.3) is 0 Å². The minimum Gasteiger partial charge on any atom is -0.494 e. The van der Waals surface area contributed by atoms with Crippen LogP contribution >= 0.6 is 95.6 Å². The van der Waals surface area contributed by atoms with Crippen LogP contribution in [0.25, 0.3) is 12.2 Å². The van der Waals surface area contributed by atoms with E-state index in [4.69, 9.17) is 9.47 Å². The first-order valence-corrected chi connectivity index (χ1v) is 19.7. The zero-order valence-electron chi connectivity index (χ0n) is 26.3. The highest BCUT2D eigenvalue weighted by Crippen LogP contribution is 2.41. The SMILES string of the molecule is COc1c(Br)cc(Br)c(/C=C/C(=O)NCCCNCc2cccc(CNCCCNC(=O)/C=C/c3c(Br)cc(Br)c(OC)c3Br)c2)c1Br. The number of nitrogens with one attached hydrogen (secondary N) is 4. The lowest BCUT2D eigenvalue weighted by atomic mass is 10.1. The van der Waals surface area contributed by atoms with Gasteiger partial charge in [-0.05, 0) is 125 Å². The summed E-state index contributed by atoms with van der Waals surface area (Å²) in [5.74, 6) is 1.01. The van der Waals surface area contributed by atoms with Crippen molar-refractivity contribution >= 4 is 120 Å². The van der Waals surface area contributed by atoms with Gasteiger partial charge in [-0.15, -0.1) is 0 Å². The van der Waals surface area contributed by atoms with Crippen LogP contribution in [0.1, 0.15) is 35.1 Å². The average molecular weight is 1040 g/mol. The van der Waals surface area contributed by atoms with E-state index in [2.05, 4.69) is 141 Å². The smallest absolute Gasteiger partial charge is 0.244 e. The van der Waals surface area contributed by atoms with Crippen molar-refractivity contribution in [3.8, 4) is 11.5 Å². The molecule has 0 aliphatic rings. The monoisotopic (exact) mass is 1040 g/mol. The van der Waals surface area contributed by atoms with E-state index in [0.717, 1.165) is 77.0 Å². The second-order valence-corrected chi connectivity index (χ2v) is 15.3. The molecule has 48 heavy (non-hydrogen) atoms. The Morgan fingerprint density at radius 1 is 0.625 bits per heavy atom. The molecular formula is C34H36Br6N4O4. The molecule has 0 radical (unpaired) electrons. The Labute approximate surface area is 332 Å². The molecule has 0 spiro atoms. The Hall–Kier alpha value is -1.52. The van der Waals surface area contributed by atoms with Crippen molar-refractivity contribution in [2.45, 2.75) is 25.9 Å². The van der Waals surface area contributed by atoms with Crippen LogP contribution in [0.5, 0.6) is 11.5 Å². The van der Waals surface area contributed by atoms with E-state index in [-0.39, 0.29) is 11.8 Å². The molecule has 14 heteroatoms. The predicted octanol–water partition coefficient (Wildman–Crippen LogP) is 8.90. The van der Waals surface area contributed by atoms with E-state index in [0.29, 0.717) is 24.6 Å². The number of benzene rings is 3. The average Bonchev–Trinajstić information content (AvgIpc) is 3.04. The number of methoxy groups -OCH3 is 2. The van der Waals surface area contributed by atoms with Crippen molar-refractivity contribution < 1.29 is 19.1 Å². The molecule has 0 saturated carbocycles. The van der Waals surface area contributed by atoms with Gasteiger partial charge in [-0.25, -0.2) is 0 Å². The summed E-state index contributed by atoms with van der Waals surface area (Å²) >= 11 is 21.1. The van der Waals surface area contributed by atoms with Gasteiger partial charge < -0.3 is 30.7 Å². The molecule has 3 rings (SSSR count). The van der Waals surface area contributed by atoms with Gasteiger partial charge in [0.2, 0.25) is 11.8 Å². The number of rotatable bonds is 18. The third-order valence-corrected chi connectivity index (χ3v) is 10.9. The topological polar surface area (TPSA) is 101 Å². The van der Waals surface area contributed by atoms with Crippen LogP contribution in [0, 0.1) is 0 Å². The van der Waals surface area contributed by atoms with E-state index in [1.54, 1.807) is 26.4 Å². The van der Waals surface area contributed by atoms with Crippen LogP contribution in [-0.4, -0.2) is 52.2 Å². The van der Waals surface area contributed by atoms with Gasteiger partial charge in [0.15, 0.2) is 0 Å². The second kappa shape index (κ2) is 21.6.